The van der Waals surface area contributed by atoms with Crippen molar-refractivity contribution in [3.05, 3.63) is 59.4 Å². The van der Waals surface area contributed by atoms with Gasteiger partial charge in [0.15, 0.2) is 5.65 Å². The average Bonchev–Trinajstić information content (AvgIpc) is 2.81. The zero-order valence-electron chi connectivity index (χ0n) is 10.2. The van der Waals surface area contributed by atoms with Crippen molar-refractivity contribution in [2.24, 2.45) is 0 Å². The van der Waals surface area contributed by atoms with Gasteiger partial charge >= 0.3 is 5.97 Å². The van der Waals surface area contributed by atoms with Crippen molar-refractivity contribution in [2.45, 2.75) is 4.90 Å². The topological polar surface area (TPSA) is 55.1 Å². The number of carboxylic acids is 1. The van der Waals surface area contributed by atoms with E-state index in [1.54, 1.807) is 0 Å². The van der Waals surface area contributed by atoms with E-state index < -0.39 is 5.97 Å². The molecule has 0 spiro atoms. The fraction of sp³-hybridized carbons (Fsp3) is 0. The molecule has 0 radical (unpaired) electrons. The van der Waals surface area contributed by atoms with E-state index in [1.165, 1.54) is 18.0 Å². The molecule has 100 valence electrons. The maximum Gasteiger partial charge on any atom is 0.338 e. The van der Waals surface area contributed by atoms with Crippen LogP contribution in [0.15, 0.2) is 53.6 Å². The van der Waals surface area contributed by atoms with Gasteiger partial charge in [-0.15, -0.1) is 0 Å². The summed E-state index contributed by atoms with van der Waals surface area (Å²) in [7, 11) is 0. The molecule has 0 bridgehead atoms. The smallest absolute Gasteiger partial charge is 0.338 e. The standard InChI is InChI=1S/C14H9ClN2O2S/c15-12-11(14(18)19)8-9-6-7-17(13(9)16-12)20-10-4-2-1-3-5-10/h1-8H,(H,18,19). The number of hydrogen-bond acceptors (Lipinski definition) is 3. The van der Waals surface area contributed by atoms with Crippen molar-refractivity contribution in [1.29, 1.82) is 0 Å². The maximum absolute atomic E-state index is 11.0. The summed E-state index contributed by atoms with van der Waals surface area (Å²) in [5.74, 6) is -1.08. The van der Waals surface area contributed by atoms with Crippen molar-refractivity contribution in [1.82, 2.24) is 8.96 Å². The van der Waals surface area contributed by atoms with Crippen LogP contribution < -0.4 is 0 Å². The van der Waals surface area contributed by atoms with Gasteiger partial charge in [0, 0.05) is 16.5 Å². The van der Waals surface area contributed by atoms with E-state index in [0.717, 1.165) is 10.3 Å². The molecule has 2 aromatic heterocycles. The first-order valence-electron chi connectivity index (χ1n) is 5.79. The molecule has 3 rings (SSSR count). The molecule has 0 atom stereocenters. The number of aromatic carboxylic acids is 1. The number of pyridine rings is 1. The molecule has 2 heterocycles. The Morgan fingerprint density at radius 1 is 1.25 bits per heavy atom. The van der Waals surface area contributed by atoms with Gasteiger partial charge in [0.05, 0.1) is 5.56 Å². The molecular weight excluding hydrogens is 296 g/mol. The van der Waals surface area contributed by atoms with Crippen LogP contribution in [0, 0.1) is 0 Å². The summed E-state index contributed by atoms with van der Waals surface area (Å²) < 4.78 is 1.86. The minimum atomic E-state index is -1.08. The van der Waals surface area contributed by atoms with Crippen molar-refractivity contribution in [2.75, 3.05) is 0 Å². The lowest BCUT2D eigenvalue weighted by Gasteiger charge is -2.04. The summed E-state index contributed by atoms with van der Waals surface area (Å²) in [6.07, 6.45) is 1.84. The van der Waals surface area contributed by atoms with E-state index in [9.17, 15) is 4.79 Å². The number of nitrogens with zero attached hydrogens (tertiary/aromatic N) is 2. The highest BCUT2D eigenvalue weighted by Gasteiger charge is 2.14. The second kappa shape index (κ2) is 5.19. The Hall–Kier alpha value is -1.98. The summed E-state index contributed by atoms with van der Waals surface area (Å²) in [6.45, 7) is 0. The number of fused-ring (bicyclic) bond motifs is 1. The Kier molecular flexibility index (Phi) is 3.38. The molecule has 0 amide bonds. The Bertz CT molecular complexity index is 786. The van der Waals surface area contributed by atoms with Crippen molar-refractivity contribution in [3.63, 3.8) is 0 Å². The van der Waals surface area contributed by atoms with Crippen LogP contribution >= 0.6 is 23.5 Å². The van der Waals surface area contributed by atoms with E-state index >= 15 is 0 Å². The van der Waals surface area contributed by atoms with E-state index in [2.05, 4.69) is 4.98 Å². The Balaban J connectivity index is 2.06. The molecule has 0 saturated heterocycles. The van der Waals surface area contributed by atoms with Crippen LogP contribution in [0.4, 0.5) is 0 Å². The van der Waals surface area contributed by atoms with Crippen LogP contribution in [0.2, 0.25) is 5.15 Å². The molecule has 20 heavy (non-hydrogen) atoms. The number of carboxylic acid groups (broad SMARTS) is 1. The van der Waals surface area contributed by atoms with E-state index in [0.29, 0.717) is 5.65 Å². The molecule has 0 fully saturated rings. The fourth-order valence-corrected chi connectivity index (χ4v) is 2.91. The second-order valence-electron chi connectivity index (χ2n) is 4.09. The number of benzene rings is 1. The summed E-state index contributed by atoms with van der Waals surface area (Å²) in [5.41, 5.74) is 0.662. The predicted octanol–water partition coefficient (Wildman–Crippen LogP) is 3.94. The fourth-order valence-electron chi connectivity index (χ4n) is 1.83. The maximum atomic E-state index is 11.0. The molecule has 0 saturated carbocycles. The number of rotatable bonds is 3. The molecule has 0 aliphatic carbocycles. The normalized spacial score (nSPS) is 10.8. The third-order valence-electron chi connectivity index (χ3n) is 2.76. The molecule has 1 aromatic carbocycles. The highest BCUT2D eigenvalue weighted by Crippen LogP contribution is 2.28. The van der Waals surface area contributed by atoms with Gasteiger partial charge in [0.2, 0.25) is 0 Å². The molecule has 0 aliphatic rings. The third kappa shape index (κ3) is 2.37. The molecule has 4 nitrogen and oxygen atoms in total. The third-order valence-corrected chi connectivity index (χ3v) is 4.02. The van der Waals surface area contributed by atoms with Crippen molar-refractivity contribution < 1.29 is 9.90 Å². The number of aromatic nitrogens is 2. The highest BCUT2D eigenvalue weighted by atomic mass is 35.5. The lowest BCUT2D eigenvalue weighted by molar-refractivity contribution is 0.0697. The summed E-state index contributed by atoms with van der Waals surface area (Å²) in [6, 6.07) is 13.2. The first kappa shape index (κ1) is 13.0. The summed E-state index contributed by atoms with van der Waals surface area (Å²) in [4.78, 5) is 16.3. The molecule has 6 heteroatoms. The van der Waals surface area contributed by atoms with Crippen LogP contribution in [-0.2, 0) is 0 Å². The van der Waals surface area contributed by atoms with Gasteiger partial charge in [-0.3, -0.25) is 3.97 Å². The Morgan fingerprint density at radius 3 is 2.70 bits per heavy atom. The van der Waals surface area contributed by atoms with Gasteiger partial charge in [-0.2, -0.15) is 0 Å². The summed E-state index contributed by atoms with van der Waals surface area (Å²) in [5, 5.41) is 9.77. The lowest BCUT2D eigenvalue weighted by atomic mass is 10.2. The zero-order chi connectivity index (χ0) is 14.1. The van der Waals surface area contributed by atoms with Gasteiger partial charge in [-0.1, -0.05) is 29.8 Å². The molecular formula is C14H9ClN2O2S. The van der Waals surface area contributed by atoms with E-state index in [4.69, 9.17) is 16.7 Å². The van der Waals surface area contributed by atoms with Gasteiger partial charge in [-0.05, 0) is 36.2 Å². The number of halogens is 1. The van der Waals surface area contributed by atoms with E-state index in [-0.39, 0.29) is 10.7 Å². The number of hydrogen-bond donors (Lipinski definition) is 1. The van der Waals surface area contributed by atoms with Crippen LogP contribution in [0.3, 0.4) is 0 Å². The molecule has 1 N–H and O–H groups in total. The van der Waals surface area contributed by atoms with Crippen molar-refractivity contribution >= 4 is 40.6 Å². The Labute approximate surface area is 124 Å². The van der Waals surface area contributed by atoms with Crippen LogP contribution in [0.5, 0.6) is 0 Å². The Morgan fingerprint density at radius 2 is 2.00 bits per heavy atom. The minimum Gasteiger partial charge on any atom is -0.478 e. The van der Waals surface area contributed by atoms with Gasteiger partial charge in [0.1, 0.15) is 5.15 Å². The van der Waals surface area contributed by atoms with Crippen LogP contribution in [0.1, 0.15) is 10.4 Å². The largest absolute Gasteiger partial charge is 0.478 e. The van der Waals surface area contributed by atoms with E-state index in [1.807, 2.05) is 46.6 Å². The summed E-state index contributed by atoms with van der Waals surface area (Å²) >= 11 is 7.41. The van der Waals surface area contributed by atoms with Crippen LogP contribution in [0.25, 0.3) is 11.0 Å². The molecule has 3 aromatic rings. The second-order valence-corrected chi connectivity index (χ2v) is 5.50. The molecule has 0 aliphatic heterocycles. The van der Waals surface area contributed by atoms with Crippen molar-refractivity contribution in [3.8, 4) is 0 Å². The predicted molar refractivity (Wildman–Crippen MR) is 79.4 cm³/mol. The average molecular weight is 305 g/mol. The van der Waals surface area contributed by atoms with Gasteiger partial charge in [0.25, 0.3) is 0 Å². The van der Waals surface area contributed by atoms with Crippen LogP contribution in [-0.4, -0.2) is 20.0 Å². The lowest BCUT2D eigenvalue weighted by Crippen LogP contribution is -1.99. The first-order chi connectivity index (χ1) is 9.65. The zero-order valence-corrected chi connectivity index (χ0v) is 11.7. The number of carbonyl (C=O) groups is 1. The first-order valence-corrected chi connectivity index (χ1v) is 6.94. The van der Waals surface area contributed by atoms with Gasteiger partial charge in [-0.25, -0.2) is 9.78 Å². The van der Waals surface area contributed by atoms with Gasteiger partial charge < -0.3 is 5.11 Å². The quantitative estimate of drug-likeness (QED) is 0.745. The highest BCUT2D eigenvalue weighted by molar-refractivity contribution is 7.98. The monoisotopic (exact) mass is 304 g/mol. The SMILES string of the molecule is O=C(O)c1cc2ccn(Sc3ccccc3)c2nc1Cl. The molecule has 0 unspecified atom stereocenters. The minimum absolute atomic E-state index is 0.00129.